The maximum atomic E-state index is 13.4. The molecule has 0 radical (unpaired) electrons. The number of alkyl carbamates (subject to hydrolysis) is 1. The molecule has 2 aromatic rings. The lowest BCUT2D eigenvalue weighted by molar-refractivity contribution is -0.144. The van der Waals surface area contributed by atoms with Crippen molar-refractivity contribution in [3.8, 4) is 0 Å². The first-order chi connectivity index (χ1) is 21.6. The van der Waals surface area contributed by atoms with Crippen LogP contribution in [-0.4, -0.2) is 73.2 Å². The third-order valence-electron chi connectivity index (χ3n) is 7.11. The quantitative estimate of drug-likeness (QED) is 0.0621. The standard InChI is InChI=1S/C30H36N8O7/c1-3-4-13-44-30(42)36-25(29(41)43-2)27(37-28(40)24-23(31)19-7-5-6-8-20(19)34-24)35-22(39)15-18-14-21(38-45-18)16-9-11-17(12-10-16)26(32)33/h5-12,18,23,25,27H,3-4,13-15,31H2,1-2H3,(H3,32,33)(H,35,39)(H,36,42)(H,37,40)/t18?,23?,25?,27-/m1/s1. The van der Waals surface area contributed by atoms with E-state index in [2.05, 4.69) is 26.1 Å². The Morgan fingerprint density at radius 3 is 2.49 bits per heavy atom. The van der Waals surface area contributed by atoms with Crippen molar-refractivity contribution in [3.63, 3.8) is 0 Å². The second-order valence-electron chi connectivity index (χ2n) is 10.4. The molecule has 0 aromatic heterocycles. The van der Waals surface area contributed by atoms with Gasteiger partial charge in [0.25, 0.3) is 5.91 Å². The number of nitrogen functional groups attached to an aromatic ring is 1. The highest BCUT2D eigenvalue weighted by atomic mass is 16.6. The second-order valence-corrected chi connectivity index (χ2v) is 10.4. The molecule has 0 fully saturated rings. The third kappa shape index (κ3) is 8.20. The number of aliphatic imine (C=N–C) groups is 1. The molecule has 15 nitrogen and oxygen atoms in total. The number of ether oxygens (including phenoxy) is 2. The zero-order valence-corrected chi connectivity index (χ0v) is 24.9. The fourth-order valence-corrected chi connectivity index (χ4v) is 4.68. The fourth-order valence-electron chi connectivity index (χ4n) is 4.68. The molecule has 2 aliphatic heterocycles. The van der Waals surface area contributed by atoms with Crippen LogP contribution in [0.1, 0.15) is 55.3 Å². The average molecular weight is 621 g/mol. The molecule has 2 aliphatic rings. The molecule has 4 rings (SSSR count). The van der Waals surface area contributed by atoms with Crippen LogP contribution in [0, 0.1) is 5.41 Å². The van der Waals surface area contributed by atoms with Crippen LogP contribution < -0.4 is 27.4 Å². The van der Waals surface area contributed by atoms with E-state index in [4.69, 9.17) is 31.2 Å². The van der Waals surface area contributed by atoms with Crippen LogP contribution in [0.15, 0.2) is 58.7 Å². The molecule has 45 heavy (non-hydrogen) atoms. The minimum atomic E-state index is -1.58. The number of nitrogens with two attached hydrogens (primary N) is 2. The van der Waals surface area contributed by atoms with Gasteiger partial charge in [-0.1, -0.05) is 61.0 Å². The summed E-state index contributed by atoms with van der Waals surface area (Å²) in [6, 6.07) is 11.4. The molecule has 238 valence electrons. The van der Waals surface area contributed by atoms with Crippen molar-refractivity contribution in [2.45, 2.75) is 57.0 Å². The Hall–Kier alpha value is -5.31. The molecule has 0 spiro atoms. The lowest BCUT2D eigenvalue weighted by atomic mass is 10.0. The summed E-state index contributed by atoms with van der Waals surface area (Å²) < 4.78 is 10.00. The van der Waals surface area contributed by atoms with E-state index in [-0.39, 0.29) is 31.0 Å². The molecule has 0 saturated carbocycles. The summed E-state index contributed by atoms with van der Waals surface area (Å²) in [6.45, 7) is 2.02. The number of carbonyl (C=O) groups is 4. The number of rotatable bonds is 13. The number of para-hydroxylation sites is 1. The molecule has 0 bridgehead atoms. The van der Waals surface area contributed by atoms with Gasteiger partial charge in [0.15, 0.2) is 6.04 Å². The van der Waals surface area contributed by atoms with Gasteiger partial charge in [0.1, 0.15) is 23.8 Å². The van der Waals surface area contributed by atoms with E-state index < -0.39 is 48.2 Å². The zero-order valence-electron chi connectivity index (χ0n) is 24.9. The van der Waals surface area contributed by atoms with Crippen molar-refractivity contribution in [2.24, 2.45) is 21.6 Å². The number of benzene rings is 2. The van der Waals surface area contributed by atoms with Crippen molar-refractivity contribution >= 4 is 46.8 Å². The molecule has 3 unspecified atom stereocenters. The van der Waals surface area contributed by atoms with E-state index in [1.54, 1.807) is 48.5 Å². The van der Waals surface area contributed by atoms with Gasteiger partial charge in [-0.25, -0.2) is 14.6 Å². The maximum Gasteiger partial charge on any atom is 0.407 e. The summed E-state index contributed by atoms with van der Waals surface area (Å²) in [6.07, 6.45) is -1.64. The molecule has 0 saturated heterocycles. The Morgan fingerprint density at radius 2 is 1.82 bits per heavy atom. The van der Waals surface area contributed by atoms with Crippen molar-refractivity contribution in [3.05, 3.63) is 65.2 Å². The number of esters is 1. The predicted octanol–water partition coefficient (Wildman–Crippen LogP) is 1.27. The number of fused-ring (bicyclic) bond motifs is 1. The smallest absolute Gasteiger partial charge is 0.407 e. The van der Waals surface area contributed by atoms with Crippen LogP contribution >= 0.6 is 0 Å². The number of amides is 3. The molecule has 4 atom stereocenters. The Bertz CT molecular complexity index is 1510. The summed E-state index contributed by atoms with van der Waals surface area (Å²) >= 11 is 0. The van der Waals surface area contributed by atoms with Gasteiger partial charge in [-0.15, -0.1) is 0 Å². The average Bonchev–Trinajstić information content (AvgIpc) is 3.63. The highest BCUT2D eigenvalue weighted by molar-refractivity contribution is 6.42. The minimum Gasteiger partial charge on any atom is -0.467 e. The highest BCUT2D eigenvalue weighted by Crippen LogP contribution is 2.32. The SMILES string of the molecule is CCCCOC(=O)NC(C(=O)OC)[C@H](NC(=O)CC1CC(c2ccc(C(=N)N)cc2)=NO1)NC(=O)C1=Nc2ccccc2C1N. The topological polar surface area (TPSA) is 233 Å². The van der Waals surface area contributed by atoms with Gasteiger partial charge in [0.2, 0.25) is 5.91 Å². The first-order valence-corrected chi connectivity index (χ1v) is 14.3. The Balaban J connectivity index is 1.47. The number of nitrogens with zero attached hydrogens (tertiary/aromatic N) is 2. The van der Waals surface area contributed by atoms with E-state index in [9.17, 15) is 19.2 Å². The monoisotopic (exact) mass is 620 g/mol. The molecule has 0 aliphatic carbocycles. The number of amidine groups is 1. The van der Waals surface area contributed by atoms with Crippen LogP contribution in [0.3, 0.4) is 0 Å². The highest BCUT2D eigenvalue weighted by Gasteiger charge is 2.37. The summed E-state index contributed by atoms with van der Waals surface area (Å²) in [4.78, 5) is 61.8. The number of hydrogen-bond donors (Lipinski definition) is 6. The maximum absolute atomic E-state index is 13.4. The minimum absolute atomic E-state index is 0.0439. The lowest BCUT2D eigenvalue weighted by Gasteiger charge is -2.28. The molecule has 15 heteroatoms. The number of methoxy groups -OCH3 is 1. The largest absolute Gasteiger partial charge is 0.467 e. The van der Waals surface area contributed by atoms with Gasteiger partial charge < -0.3 is 41.7 Å². The summed E-state index contributed by atoms with van der Waals surface area (Å²) in [5.74, 6) is -2.41. The Labute approximate surface area is 259 Å². The van der Waals surface area contributed by atoms with E-state index in [0.717, 1.165) is 19.1 Å². The van der Waals surface area contributed by atoms with Crippen LogP contribution in [0.5, 0.6) is 0 Å². The predicted molar refractivity (Wildman–Crippen MR) is 164 cm³/mol. The van der Waals surface area contributed by atoms with E-state index in [0.29, 0.717) is 28.9 Å². The van der Waals surface area contributed by atoms with Gasteiger partial charge in [-0.3, -0.25) is 15.0 Å². The van der Waals surface area contributed by atoms with Gasteiger partial charge in [0.05, 0.1) is 37.6 Å². The number of nitrogens with one attached hydrogen (secondary N) is 4. The van der Waals surface area contributed by atoms with Crippen molar-refractivity contribution in [1.29, 1.82) is 5.41 Å². The Morgan fingerprint density at radius 1 is 1.09 bits per heavy atom. The van der Waals surface area contributed by atoms with Crippen molar-refractivity contribution < 1.29 is 33.5 Å². The van der Waals surface area contributed by atoms with Gasteiger partial charge >= 0.3 is 12.1 Å². The lowest BCUT2D eigenvalue weighted by Crippen LogP contribution is -2.64. The molecular formula is C30H36N8O7. The third-order valence-corrected chi connectivity index (χ3v) is 7.11. The fraction of sp³-hybridized carbons (Fsp3) is 0.367. The second kappa shape index (κ2) is 14.9. The van der Waals surface area contributed by atoms with Crippen molar-refractivity contribution in [2.75, 3.05) is 13.7 Å². The first-order valence-electron chi connectivity index (χ1n) is 14.3. The molecular weight excluding hydrogens is 584 g/mol. The van der Waals surface area contributed by atoms with E-state index in [1.165, 1.54) is 0 Å². The molecule has 2 heterocycles. The van der Waals surface area contributed by atoms with Crippen LogP contribution in [-0.2, 0) is 28.7 Å². The zero-order chi connectivity index (χ0) is 32.5. The van der Waals surface area contributed by atoms with Gasteiger partial charge in [-0.2, -0.15) is 0 Å². The van der Waals surface area contributed by atoms with Gasteiger partial charge in [-0.05, 0) is 18.1 Å². The van der Waals surface area contributed by atoms with Crippen LogP contribution in [0.4, 0.5) is 10.5 Å². The van der Waals surface area contributed by atoms with E-state index in [1.807, 2.05) is 6.92 Å². The summed E-state index contributed by atoms with van der Waals surface area (Å²) in [5, 5.41) is 19.1. The van der Waals surface area contributed by atoms with Gasteiger partial charge in [0, 0.05) is 17.5 Å². The number of unbranched alkanes of at least 4 members (excludes halogenated alkanes) is 1. The number of oxime groups is 1. The molecule has 3 amide bonds. The number of carbonyl (C=O) groups excluding carboxylic acids is 4. The summed E-state index contributed by atoms with van der Waals surface area (Å²) in [5.41, 5.74) is 14.8. The molecule has 8 N–H and O–H groups in total. The first kappa shape index (κ1) is 32.6. The van der Waals surface area contributed by atoms with E-state index >= 15 is 0 Å². The van der Waals surface area contributed by atoms with Crippen LogP contribution in [0.25, 0.3) is 0 Å². The van der Waals surface area contributed by atoms with Crippen molar-refractivity contribution in [1.82, 2.24) is 16.0 Å². The number of hydrogen-bond acceptors (Lipinski definition) is 11. The van der Waals surface area contributed by atoms with Crippen LogP contribution in [0.2, 0.25) is 0 Å². The molecule has 2 aromatic carbocycles. The Kier molecular flexibility index (Phi) is 10.8. The summed E-state index contributed by atoms with van der Waals surface area (Å²) in [7, 11) is 1.10. The normalized spacial score (nSPS) is 17.8.